The Kier molecular flexibility index (Phi) is 5.67. The molecule has 0 N–H and O–H groups in total. The van der Waals surface area contributed by atoms with Gasteiger partial charge in [0, 0.05) is 24.7 Å². The van der Waals surface area contributed by atoms with Gasteiger partial charge in [0.2, 0.25) is 0 Å². The van der Waals surface area contributed by atoms with E-state index in [-0.39, 0.29) is 0 Å². The summed E-state index contributed by atoms with van der Waals surface area (Å²) in [5, 5.41) is 0. The van der Waals surface area contributed by atoms with Crippen molar-refractivity contribution in [2.45, 2.75) is 19.4 Å². The predicted molar refractivity (Wildman–Crippen MR) is 80.7 cm³/mol. The van der Waals surface area contributed by atoms with Crippen LogP contribution in [-0.2, 0) is 4.74 Å². The van der Waals surface area contributed by atoms with Crippen molar-refractivity contribution >= 4 is 15.9 Å². The van der Waals surface area contributed by atoms with Crippen molar-refractivity contribution in [3.63, 3.8) is 0 Å². The van der Waals surface area contributed by atoms with Crippen LogP contribution in [-0.4, -0.2) is 44.4 Å². The van der Waals surface area contributed by atoms with E-state index in [1.165, 1.54) is 6.42 Å². The van der Waals surface area contributed by atoms with Gasteiger partial charge in [-0.3, -0.25) is 4.90 Å². The van der Waals surface area contributed by atoms with E-state index in [0.717, 1.165) is 36.5 Å². The van der Waals surface area contributed by atoms with E-state index in [9.17, 15) is 0 Å². The SMILES string of the molecule is COC1CN(CCOc2cccc(Br)c2)CCC1C. The Morgan fingerprint density at radius 1 is 1.42 bits per heavy atom. The zero-order chi connectivity index (χ0) is 13.7. The summed E-state index contributed by atoms with van der Waals surface area (Å²) in [7, 11) is 1.81. The van der Waals surface area contributed by atoms with E-state index in [1.54, 1.807) is 0 Å². The minimum absolute atomic E-state index is 0.361. The number of hydrogen-bond donors (Lipinski definition) is 0. The fourth-order valence-corrected chi connectivity index (χ4v) is 2.84. The first kappa shape index (κ1) is 14.8. The van der Waals surface area contributed by atoms with Gasteiger partial charge in [0.15, 0.2) is 0 Å². The molecule has 1 fully saturated rings. The molecule has 1 aliphatic heterocycles. The van der Waals surface area contributed by atoms with E-state index in [1.807, 2.05) is 31.4 Å². The molecule has 1 heterocycles. The van der Waals surface area contributed by atoms with Gasteiger partial charge < -0.3 is 9.47 Å². The van der Waals surface area contributed by atoms with Crippen molar-refractivity contribution in [2.24, 2.45) is 5.92 Å². The van der Waals surface area contributed by atoms with Gasteiger partial charge in [-0.15, -0.1) is 0 Å². The second-order valence-electron chi connectivity index (χ2n) is 5.15. The van der Waals surface area contributed by atoms with Crippen LogP contribution in [0.4, 0.5) is 0 Å². The summed E-state index contributed by atoms with van der Waals surface area (Å²) in [6, 6.07) is 7.97. The quantitative estimate of drug-likeness (QED) is 0.829. The number of rotatable bonds is 5. The number of ether oxygens (including phenoxy) is 2. The molecule has 2 atom stereocenters. The fourth-order valence-electron chi connectivity index (χ4n) is 2.46. The summed E-state index contributed by atoms with van der Waals surface area (Å²) < 4.78 is 12.4. The van der Waals surface area contributed by atoms with E-state index in [0.29, 0.717) is 12.0 Å². The fraction of sp³-hybridized carbons (Fsp3) is 0.600. The van der Waals surface area contributed by atoms with Gasteiger partial charge in [-0.05, 0) is 37.1 Å². The largest absolute Gasteiger partial charge is 0.492 e. The molecule has 3 nitrogen and oxygen atoms in total. The van der Waals surface area contributed by atoms with Gasteiger partial charge in [0.1, 0.15) is 12.4 Å². The molecule has 1 saturated heterocycles. The zero-order valence-electron chi connectivity index (χ0n) is 11.6. The van der Waals surface area contributed by atoms with Crippen molar-refractivity contribution < 1.29 is 9.47 Å². The lowest BCUT2D eigenvalue weighted by Crippen LogP contribution is -2.45. The van der Waals surface area contributed by atoms with Crippen LogP contribution in [0.3, 0.4) is 0 Å². The molecular formula is C15H22BrNO2. The van der Waals surface area contributed by atoms with E-state index < -0.39 is 0 Å². The number of nitrogens with zero attached hydrogens (tertiary/aromatic N) is 1. The highest BCUT2D eigenvalue weighted by atomic mass is 79.9. The van der Waals surface area contributed by atoms with E-state index in [2.05, 4.69) is 27.8 Å². The zero-order valence-corrected chi connectivity index (χ0v) is 13.2. The molecule has 0 radical (unpaired) electrons. The maximum Gasteiger partial charge on any atom is 0.120 e. The first-order chi connectivity index (χ1) is 9.19. The molecule has 0 bridgehead atoms. The molecule has 0 saturated carbocycles. The maximum atomic E-state index is 5.77. The van der Waals surface area contributed by atoms with Crippen LogP contribution in [0.25, 0.3) is 0 Å². The van der Waals surface area contributed by atoms with Crippen LogP contribution in [0.5, 0.6) is 5.75 Å². The summed E-state index contributed by atoms with van der Waals surface area (Å²) in [5.41, 5.74) is 0. The van der Waals surface area contributed by atoms with Crippen molar-refractivity contribution in [1.29, 1.82) is 0 Å². The Hall–Kier alpha value is -0.580. The topological polar surface area (TPSA) is 21.7 Å². The van der Waals surface area contributed by atoms with Gasteiger partial charge in [0.05, 0.1) is 6.10 Å². The van der Waals surface area contributed by atoms with E-state index in [4.69, 9.17) is 9.47 Å². The maximum absolute atomic E-state index is 5.77. The number of hydrogen-bond acceptors (Lipinski definition) is 3. The van der Waals surface area contributed by atoms with Crippen LogP contribution in [0.15, 0.2) is 28.7 Å². The Morgan fingerprint density at radius 2 is 2.26 bits per heavy atom. The Morgan fingerprint density at radius 3 is 3.00 bits per heavy atom. The number of likely N-dealkylation sites (tertiary alicyclic amines) is 1. The standard InChI is InChI=1S/C15H22BrNO2/c1-12-6-7-17(11-15(12)18-2)8-9-19-14-5-3-4-13(16)10-14/h3-5,10,12,15H,6-9,11H2,1-2H3. The normalized spacial score (nSPS) is 24.4. The van der Waals surface area contributed by atoms with Crippen LogP contribution in [0.2, 0.25) is 0 Å². The van der Waals surface area contributed by atoms with Gasteiger partial charge in [-0.1, -0.05) is 28.9 Å². The molecule has 19 heavy (non-hydrogen) atoms. The van der Waals surface area contributed by atoms with Crippen LogP contribution in [0, 0.1) is 5.92 Å². The summed E-state index contributed by atoms with van der Waals surface area (Å²) in [4.78, 5) is 2.42. The van der Waals surface area contributed by atoms with Crippen molar-refractivity contribution in [1.82, 2.24) is 4.90 Å². The minimum Gasteiger partial charge on any atom is -0.492 e. The smallest absolute Gasteiger partial charge is 0.120 e. The molecule has 1 aromatic rings. The number of methoxy groups -OCH3 is 1. The summed E-state index contributed by atoms with van der Waals surface area (Å²) in [6.07, 6.45) is 1.56. The highest BCUT2D eigenvalue weighted by Gasteiger charge is 2.25. The third-order valence-corrected chi connectivity index (χ3v) is 4.24. The lowest BCUT2D eigenvalue weighted by atomic mass is 9.96. The molecule has 2 unspecified atom stereocenters. The summed E-state index contributed by atoms with van der Waals surface area (Å²) in [6.45, 7) is 6.10. The molecule has 106 valence electrons. The van der Waals surface area contributed by atoms with Gasteiger partial charge in [-0.25, -0.2) is 0 Å². The van der Waals surface area contributed by atoms with Crippen molar-refractivity contribution in [3.8, 4) is 5.75 Å². The third kappa shape index (κ3) is 4.48. The molecule has 0 spiro atoms. The summed E-state index contributed by atoms with van der Waals surface area (Å²) in [5.74, 6) is 1.58. The second-order valence-corrected chi connectivity index (χ2v) is 6.06. The minimum atomic E-state index is 0.361. The van der Waals surface area contributed by atoms with Crippen molar-refractivity contribution in [2.75, 3.05) is 33.4 Å². The Bertz CT molecular complexity index is 399. The average molecular weight is 328 g/mol. The Labute approximate surface area is 124 Å². The lowest BCUT2D eigenvalue weighted by molar-refractivity contribution is -0.00788. The average Bonchev–Trinajstić information content (AvgIpc) is 2.41. The molecule has 0 aromatic heterocycles. The molecule has 2 rings (SSSR count). The molecule has 4 heteroatoms. The second kappa shape index (κ2) is 7.27. The molecule has 0 aliphatic carbocycles. The monoisotopic (exact) mass is 327 g/mol. The first-order valence-electron chi connectivity index (χ1n) is 6.82. The molecule has 1 aromatic carbocycles. The van der Waals surface area contributed by atoms with Crippen LogP contribution < -0.4 is 4.74 Å². The summed E-state index contributed by atoms with van der Waals surface area (Å²) >= 11 is 3.45. The highest BCUT2D eigenvalue weighted by Crippen LogP contribution is 2.20. The molecule has 1 aliphatic rings. The van der Waals surface area contributed by atoms with Crippen LogP contribution in [0.1, 0.15) is 13.3 Å². The lowest BCUT2D eigenvalue weighted by Gasteiger charge is -2.36. The Balaban J connectivity index is 1.74. The van der Waals surface area contributed by atoms with Gasteiger partial charge in [0.25, 0.3) is 0 Å². The molecule has 0 amide bonds. The van der Waals surface area contributed by atoms with E-state index >= 15 is 0 Å². The number of halogens is 1. The highest BCUT2D eigenvalue weighted by molar-refractivity contribution is 9.10. The number of piperidine rings is 1. The third-order valence-electron chi connectivity index (χ3n) is 3.75. The van der Waals surface area contributed by atoms with Crippen LogP contribution >= 0.6 is 15.9 Å². The van der Waals surface area contributed by atoms with Gasteiger partial charge in [-0.2, -0.15) is 0 Å². The number of benzene rings is 1. The predicted octanol–water partition coefficient (Wildman–Crippen LogP) is 3.18. The van der Waals surface area contributed by atoms with Gasteiger partial charge >= 0.3 is 0 Å². The molecular weight excluding hydrogens is 306 g/mol. The van der Waals surface area contributed by atoms with Crippen molar-refractivity contribution in [3.05, 3.63) is 28.7 Å². The first-order valence-corrected chi connectivity index (χ1v) is 7.62.